The average molecular weight is 436 g/mol. The van der Waals surface area contributed by atoms with Crippen LogP contribution < -0.4 is 4.90 Å². The molecule has 1 atom stereocenters. The molecule has 5 nitrogen and oxygen atoms in total. The lowest BCUT2D eigenvalue weighted by Gasteiger charge is -2.44. The summed E-state index contributed by atoms with van der Waals surface area (Å²) in [5.74, 6) is 0. The number of anilines is 1. The van der Waals surface area contributed by atoms with E-state index in [-0.39, 0.29) is 0 Å². The van der Waals surface area contributed by atoms with Gasteiger partial charge >= 0.3 is 6.18 Å². The van der Waals surface area contributed by atoms with E-state index in [9.17, 15) is 13.2 Å². The van der Waals surface area contributed by atoms with Gasteiger partial charge in [0.25, 0.3) is 0 Å². The SMILES string of the molecule is CC(C)n1cc(CN2CCC[C@H](N3CCN(c4cccc(C(F)(F)F)c4)CC3)C2)cn1. The molecule has 2 aliphatic heterocycles. The van der Waals surface area contributed by atoms with Crippen LogP contribution in [0.4, 0.5) is 18.9 Å². The first-order valence-corrected chi connectivity index (χ1v) is 11.2. The fourth-order valence-corrected chi connectivity index (χ4v) is 4.70. The van der Waals surface area contributed by atoms with Crippen molar-refractivity contribution in [2.75, 3.05) is 44.2 Å². The predicted octanol–water partition coefficient (Wildman–Crippen LogP) is 4.27. The highest BCUT2D eigenvalue weighted by molar-refractivity contribution is 5.49. The van der Waals surface area contributed by atoms with Crippen LogP contribution in [0, 0.1) is 0 Å². The van der Waals surface area contributed by atoms with Gasteiger partial charge in [-0.2, -0.15) is 18.3 Å². The number of hydrogen-bond acceptors (Lipinski definition) is 4. The van der Waals surface area contributed by atoms with Gasteiger partial charge in [0.05, 0.1) is 11.8 Å². The topological polar surface area (TPSA) is 27.5 Å². The first-order valence-electron chi connectivity index (χ1n) is 11.2. The monoisotopic (exact) mass is 435 g/mol. The molecule has 2 saturated heterocycles. The highest BCUT2D eigenvalue weighted by atomic mass is 19.4. The molecule has 0 N–H and O–H groups in total. The Morgan fingerprint density at radius 2 is 1.87 bits per heavy atom. The summed E-state index contributed by atoms with van der Waals surface area (Å²) in [6.45, 7) is 10.6. The molecule has 0 saturated carbocycles. The van der Waals surface area contributed by atoms with E-state index >= 15 is 0 Å². The number of aromatic nitrogens is 2. The zero-order chi connectivity index (χ0) is 22.0. The standard InChI is InChI=1S/C23H32F3N5/c1-18(2)31-16-19(14-27-31)15-28-8-4-7-22(17-28)30-11-9-29(10-12-30)21-6-3-5-20(13-21)23(24,25)26/h3,5-6,13-14,16,18,22H,4,7-12,15,17H2,1-2H3/t22-/m0/s1. The second kappa shape index (κ2) is 9.20. The lowest BCUT2D eigenvalue weighted by atomic mass is 10.0. The highest BCUT2D eigenvalue weighted by Crippen LogP contribution is 2.32. The van der Waals surface area contributed by atoms with Crippen LogP contribution in [0.15, 0.2) is 36.7 Å². The summed E-state index contributed by atoms with van der Waals surface area (Å²) in [7, 11) is 0. The third-order valence-corrected chi connectivity index (χ3v) is 6.44. The number of alkyl halides is 3. The van der Waals surface area contributed by atoms with Gasteiger partial charge in [0, 0.05) is 68.8 Å². The minimum atomic E-state index is -4.30. The molecule has 1 aromatic heterocycles. The van der Waals surface area contributed by atoms with E-state index in [0.29, 0.717) is 17.8 Å². The molecule has 4 rings (SSSR count). The molecule has 2 aliphatic rings. The molecule has 0 aliphatic carbocycles. The third kappa shape index (κ3) is 5.41. The minimum absolute atomic E-state index is 0.371. The Balaban J connectivity index is 1.31. The van der Waals surface area contributed by atoms with Gasteiger partial charge in [0.15, 0.2) is 0 Å². The third-order valence-electron chi connectivity index (χ3n) is 6.44. The molecular weight excluding hydrogens is 403 g/mol. The quantitative estimate of drug-likeness (QED) is 0.701. The number of likely N-dealkylation sites (tertiary alicyclic amines) is 1. The van der Waals surface area contributed by atoms with Gasteiger partial charge in [0.2, 0.25) is 0 Å². The van der Waals surface area contributed by atoms with Crippen LogP contribution in [0.1, 0.15) is 43.9 Å². The maximum atomic E-state index is 13.0. The minimum Gasteiger partial charge on any atom is -0.369 e. The smallest absolute Gasteiger partial charge is 0.369 e. The maximum Gasteiger partial charge on any atom is 0.416 e. The van der Waals surface area contributed by atoms with Crippen LogP contribution >= 0.6 is 0 Å². The van der Waals surface area contributed by atoms with E-state index in [1.807, 2.05) is 10.9 Å². The zero-order valence-electron chi connectivity index (χ0n) is 18.4. The van der Waals surface area contributed by atoms with Crippen LogP contribution in [-0.2, 0) is 12.7 Å². The van der Waals surface area contributed by atoms with Crippen molar-refractivity contribution >= 4 is 5.69 Å². The van der Waals surface area contributed by atoms with Crippen LogP contribution in [0.3, 0.4) is 0 Å². The number of piperidine rings is 1. The average Bonchev–Trinajstić information content (AvgIpc) is 3.22. The number of benzene rings is 1. The maximum absolute atomic E-state index is 13.0. The number of halogens is 3. The van der Waals surface area contributed by atoms with Gasteiger partial charge in [-0.05, 0) is 51.4 Å². The molecule has 0 spiro atoms. The summed E-state index contributed by atoms with van der Waals surface area (Å²) in [4.78, 5) is 7.11. The van der Waals surface area contributed by atoms with Crippen LogP contribution in [0.2, 0.25) is 0 Å². The van der Waals surface area contributed by atoms with Crippen LogP contribution in [-0.4, -0.2) is 64.9 Å². The second-order valence-electron chi connectivity index (χ2n) is 9.02. The van der Waals surface area contributed by atoms with E-state index in [0.717, 1.165) is 51.9 Å². The van der Waals surface area contributed by atoms with Crippen molar-refractivity contribution in [1.82, 2.24) is 19.6 Å². The summed E-state index contributed by atoms with van der Waals surface area (Å²) >= 11 is 0. The Hall–Kier alpha value is -2.06. The van der Waals surface area contributed by atoms with Crippen molar-refractivity contribution in [2.24, 2.45) is 0 Å². The first-order chi connectivity index (χ1) is 14.8. The molecule has 0 bridgehead atoms. The van der Waals surface area contributed by atoms with Crippen LogP contribution in [0.25, 0.3) is 0 Å². The van der Waals surface area contributed by atoms with Gasteiger partial charge in [-0.15, -0.1) is 0 Å². The van der Waals surface area contributed by atoms with E-state index in [2.05, 4.69) is 39.8 Å². The van der Waals surface area contributed by atoms with Crippen molar-refractivity contribution in [2.45, 2.75) is 51.5 Å². The normalized spacial score (nSPS) is 21.7. The van der Waals surface area contributed by atoms with Crippen LogP contribution in [0.5, 0.6) is 0 Å². The molecule has 2 aromatic rings. The Kier molecular flexibility index (Phi) is 6.57. The number of hydrogen-bond donors (Lipinski definition) is 0. The van der Waals surface area contributed by atoms with Gasteiger partial charge in [0.1, 0.15) is 0 Å². The lowest BCUT2D eigenvalue weighted by Crippen LogP contribution is -2.55. The Morgan fingerprint density at radius 3 is 2.55 bits per heavy atom. The van der Waals surface area contributed by atoms with Crippen molar-refractivity contribution in [3.05, 3.63) is 47.8 Å². The summed E-state index contributed by atoms with van der Waals surface area (Å²) in [6.07, 6.45) is 2.18. The van der Waals surface area contributed by atoms with Crippen molar-refractivity contribution in [3.8, 4) is 0 Å². The molecule has 0 unspecified atom stereocenters. The summed E-state index contributed by atoms with van der Waals surface area (Å²) < 4.78 is 41.1. The second-order valence-corrected chi connectivity index (χ2v) is 9.02. The molecule has 1 aromatic carbocycles. The van der Waals surface area contributed by atoms with Crippen molar-refractivity contribution in [1.29, 1.82) is 0 Å². The van der Waals surface area contributed by atoms with Gasteiger partial charge < -0.3 is 4.90 Å². The predicted molar refractivity (Wildman–Crippen MR) is 116 cm³/mol. The molecule has 0 amide bonds. The largest absolute Gasteiger partial charge is 0.416 e. The Bertz CT molecular complexity index is 855. The zero-order valence-corrected chi connectivity index (χ0v) is 18.4. The van der Waals surface area contributed by atoms with Crippen molar-refractivity contribution < 1.29 is 13.2 Å². The number of nitrogens with zero attached hydrogens (tertiary/aromatic N) is 5. The molecule has 3 heterocycles. The Morgan fingerprint density at radius 1 is 1.10 bits per heavy atom. The summed E-state index contributed by atoms with van der Waals surface area (Å²) in [5.41, 5.74) is 1.35. The van der Waals surface area contributed by atoms with E-state index in [4.69, 9.17) is 0 Å². The number of piperazine rings is 1. The van der Waals surface area contributed by atoms with E-state index < -0.39 is 11.7 Å². The van der Waals surface area contributed by atoms with Gasteiger partial charge in [-0.1, -0.05) is 6.07 Å². The fourth-order valence-electron chi connectivity index (χ4n) is 4.70. The fraction of sp³-hybridized carbons (Fsp3) is 0.609. The molecular formula is C23H32F3N5. The highest BCUT2D eigenvalue weighted by Gasteiger charge is 2.32. The Labute approximate surface area is 182 Å². The number of rotatable bonds is 5. The molecule has 2 fully saturated rings. The first kappa shape index (κ1) is 22.1. The molecule has 0 radical (unpaired) electrons. The summed E-state index contributed by atoms with van der Waals surface area (Å²) in [5, 5.41) is 4.45. The van der Waals surface area contributed by atoms with Gasteiger partial charge in [-0.3, -0.25) is 14.5 Å². The van der Waals surface area contributed by atoms with Gasteiger partial charge in [-0.25, -0.2) is 0 Å². The molecule has 170 valence electrons. The van der Waals surface area contributed by atoms with E-state index in [1.54, 1.807) is 6.07 Å². The summed E-state index contributed by atoms with van der Waals surface area (Å²) in [6, 6.07) is 6.58. The molecule has 8 heteroatoms. The van der Waals surface area contributed by atoms with Crippen molar-refractivity contribution in [3.63, 3.8) is 0 Å². The van der Waals surface area contributed by atoms with E-state index in [1.165, 1.54) is 30.5 Å². The lowest BCUT2D eigenvalue weighted by molar-refractivity contribution is -0.137. The molecule has 31 heavy (non-hydrogen) atoms.